The molecule has 3 nitrogen and oxygen atoms in total. The molecule has 0 bridgehead atoms. The summed E-state index contributed by atoms with van der Waals surface area (Å²) in [5, 5.41) is 5.52. The summed E-state index contributed by atoms with van der Waals surface area (Å²) in [4.78, 5) is 8.04. The average Bonchev–Trinajstić information content (AvgIpc) is 2.97. The number of anilines is 1. The highest BCUT2D eigenvalue weighted by molar-refractivity contribution is 7.09. The minimum absolute atomic E-state index is 0.469. The van der Waals surface area contributed by atoms with Crippen molar-refractivity contribution in [3.05, 3.63) is 46.4 Å². The zero-order chi connectivity index (χ0) is 14.4. The van der Waals surface area contributed by atoms with Gasteiger partial charge in [0.2, 0.25) is 0 Å². The summed E-state index contributed by atoms with van der Waals surface area (Å²) in [6.45, 7) is 6.24. The SMILES string of the molecule is CCNCc1cnccc1N(C)C(C)Cc1cccs1. The van der Waals surface area contributed by atoms with E-state index in [-0.39, 0.29) is 0 Å². The van der Waals surface area contributed by atoms with Gasteiger partial charge in [-0.2, -0.15) is 0 Å². The molecule has 1 unspecified atom stereocenters. The van der Waals surface area contributed by atoms with E-state index in [2.05, 4.69) is 59.7 Å². The zero-order valence-corrected chi connectivity index (χ0v) is 13.3. The average molecular weight is 289 g/mol. The maximum absolute atomic E-state index is 4.25. The topological polar surface area (TPSA) is 28.2 Å². The second-order valence-corrected chi connectivity index (χ2v) is 6.06. The van der Waals surface area contributed by atoms with E-state index in [4.69, 9.17) is 0 Å². The van der Waals surface area contributed by atoms with Crippen molar-refractivity contribution >= 4 is 17.0 Å². The van der Waals surface area contributed by atoms with Crippen LogP contribution in [0.3, 0.4) is 0 Å². The first-order chi connectivity index (χ1) is 9.72. The number of nitrogens with zero attached hydrogens (tertiary/aromatic N) is 2. The Morgan fingerprint density at radius 1 is 1.40 bits per heavy atom. The smallest absolute Gasteiger partial charge is 0.0442 e. The first-order valence-electron chi connectivity index (χ1n) is 7.11. The molecule has 0 aliphatic rings. The molecule has 0 saturated carbocycles. The van der Waals surface area contributed by atoms with Gasteiger partial charge in [-0.1, -0.05) is 13.0 Å². The summed E-state index contributed by atoms with van der Waals surface area (Å²) >= 11 is 1.83. The van der Waals surface area contributed by atoms with Gasteiger partial charge in [0.15, 0.2) is 0 Å². The lowest BCUT2D eigenvalue weighted by Crippen LogP contribution is -2.31. The van der Waals surface area contributed by atoms with E-state index in [1.807, 2.05) is 23.7 Å². The maximum Gasteiger partial charge on any atom is 0.0442 e. The third-order valence-electron chi connectivity index (χ3n) is 3.56. The lowest BCUT2D eigenvalue weighted by molar-refractivity contribution is 0.673. The van der Waals surface area contributed by atoms with E-state index < -0.39 is 0 Å². The Balaban J connectivity index is 2.09. The largest absolute Gasteiger partial charge is 0.371 e. The minimum Gasteiger partial charge on any atom is -0.371 e. The molecule has 2 aromatic rings. The van der Waals surface area contributed by atoms with Gasteiger partial charge >= 0.3 is 0 Å². The molecular formula is C16H23N3S. The molecule has 108 valence electrons. The van der Waals surface area contributed by atoms with Gasteiger partial charge in [-0.3, -0.25) is 4.98 Å². The Morgan fingerprint density at radius 2 is 2.25 bits per heavy atom. The highest BCUT2D eigenvalue weighted by Gasteiger charge is 2.14. The molecule has 2 heterocycles. The number of aromatic nitrogens is 1. The second-order valence-electron chi connectivity index (χ2n) is 5.03. The molecule has 0 aromatic carbocycles. The Bertz CT molecular complexity index is 510. The molecule has 2 aromatic heterocycles. The van der Waals surface area contributed by atoms with Crippen molar-refractivity contribution in [3.63, 3.8) is 0 Å². The fourth-order valence-corrected chi connectivity index (χ4v) is 3.08. The van der Waals surface area contributed by atoms with Gasteiger partial charge in [0.05, 0.1) is 0 Å². The van der Waals surface area contributed by atoms with Crippen LogP contribution in [0.15, 0.2) is 36.0 Å². The fourth-order valence-electron chi connectivity index (χ4n) is 2.25. The molecule has 0 aliphatic heterocycles. The molecule has 0 saturated heterocycles. The third-order valence-corrected chi connectivity index (χ3v) is 4.46. The molecule has 4 heteroatoms. The number of likely N-dealkylation sites (N-methyl/N-ethyl adjacent to an activating group) is 1. The number of thiophene rings is 1. The first kappa shape index (κ1) is 15.0. The van der Waals surface area contributed by atoms with Gasteiger partial charge in [-0.25, -0.2) is 0 Å². The van der Waals surface area contributed by atoms with Crippen LogP contribution in [0.2, 0.25) is 0 Å². The molecule has 2 rings (SSSR count). The summed E-state index contributed by atoms with van der Waals surface area (Å²) in [6.07, 6.45) is 4.92. The predicted molar refractivity (Wildman–Crippen MR) is 87.5 cm³/mol. The maximum atomic E-state index is 4.25. The van der Waals surface area contributed by atoms with Crippen LogP contribution in [0.4, 0.5) is 5.69 Å². The number of nitrogens with one attached hydrogen (secondary N) is 1. The van der Waals surface area contributed by atoms with Gasteiger partial charge < -0.3 is 10.2 Å². The van der Waals surface area contributed by atoms with Crippen molar-refractivity contribution in [2.45, 2.75) is 32.9 Å². The highest BCUT2D eigenvalue weighted by Crippen LogP contribution is 2.22. The van der Waals surface area contributed by atoms with Gasteiger partial charge in [0, 0.05) is 54.6 Å². The number of rotatable bonds is 7. The number of hydrogen-bond donors (Lipinski definition) is 1. The molecule has 0 amide bonds. The van der Waals surface area contributed by atoms with Crippen molar-refractivity contribution in [1.82, 2.24) is 10.3 Å². The highest BCUT2D eigenvalue weighted by atomic mass is 32.1. The molecule has 1 N–H and O–H groups in total. The molecule has 0 spiro atoms. The van der Waals surface area contributed by atoms with Crippen LogP contribution in [0.5, 0.6) is 0 Å². The van der Waals surface area contributed by atoms with Crippen LogP contribution in [0, 0.1) is 0 Å². The summed E-state index contributed by atoms with van der Waals surface area (Å²) in [5.41, 5.74) is 2.53. The van der Waals surface area contributed by atoms with E-state index in [1.165, 1.54) is 16.1 Å². The van der Waals surface area contributed by atoms with Gasteiger partial charge in [0.25, 0.3) is 0 Å². The van der Waals surface area contributed by atoms with Crippen molar-refractivity contribution < 1.29 is 0 Å². The quantitative estimate of drug-likeness (QED) is 0.847. The normalized spacial score (nSPS) is 12.3. The summed E-state index contributed by atoms with van der Waals surface area (Å²) < 4.78 is 0. The van der Waals surface area contributed by atoms with Gasteiger partial charge in [-0.05, 0) is 31.0 Å². The van der Waals surface area contributed by atoms with Crippen LogP contribution in [0.1, 0.15) is 24.3 Å². The van der Waals surface area contributed by atoms with E-state index in [1.54, 1.807) is 0 Å². The molecule has 0 radical (unpaired) electrons. The van der Waals surface area contributed by atoms with Crippen molar-refractivity contribution in [2.75, 3.05) is 18.5 Å². The summed E-state index contributed by atoms with van der Waals surface area (Å²) in [6, 6.07) is 6.91. The molecule has 1 atom stereocenters. The predicted octanol–water partition coefficient (Wildman–Crippen LogP) is 3.32. The van der Waals surface area contributed by atoms with Crippen LogP contribution < -0.4 is 10.2 Å². The Kier molecular flexibility index (Phi) is 5.56. The second kappa shape index (κ2) is 7.41. The minimum atomic E-state index is 0.469. The number of hydrogen-bond acceptors (Lipinski definition) is 4. The van der Waals surface area contributed by atoms with Crippen LogP contribution >= 0.6 is 11.3 Å². The standard InChI is InChI=1S/C16H23N3S/c1-4-17-11-14-12-18-8-7-16(14)19(3)13(2)10-15-6-5-9-20-15/h5-9,12-13,17H,4,10-11H2,1-3H3. The first-order valence-corrected chi connectivity index (χ1v) is 7.99. The molecule has 20 heavy (non-hydrogen) atoms. The Labute approximate surface area is 125 Å². The third kappa shape index (κ3) is 3.81. The lowest BCUT2D eigenvalue weighted by atomic mass is 10.1. The van der Waals surface area contributed by atoms with Crippen molar-refractivity contribution in [3.8, 4) is 0 Å². The van der Waals surface area contributed by atoms with Gasteiger partial charge in [0.1, 0.15) is 0 Å². The summed E-state index contributed by atoms with van der Waals surface area (Å²) in [7, 11) is 2.17. The molecular weight excluding hydrogens is 266 g/mol. The van der Waals surface area contributed by atoms with Crippen LogP contribution in [-0.2, 0) is 13.0 Å². The molecule has 0 aliphatic carbocycles. The summed E-state index contributed by atoms with van der Waals surface area (Å²) in [5.74, 6) is 0. The van der Waals surface area contributed by atoms with E-state index in [9.17, 15) is 0 Å². The monoisotopic (exact) mass is 289 g/mol. The van der Waals surface area contributed by atoms with E-state index >= 15 is 0 Å². The number of pyridine rings is 1. The van der Waals surface area contributed by atoms with Crippen molar-refractivity contribution in [1.29, 1.82) is 0 Å². The zero-order valence-electron chi connectivity index (χ0n) is 12.5. The lowest BCUT2D eigenvalue weighted by Gasteiger charge is -2.28. The Morgan fingerprint density at radius 3 is 2.95 bits per heavy atom. The van der Waals surface area contributed by atoms with Crippen LogP contribution in [-0.4, -0.2) is 24.6 Å². The van der Waals surface area contributed by atoms with Crippen molar-refractivity contribution in [2.24, 2.45) is 0 Å². The van der Waals surface area contributed by atoms with E-state index in [0.29, 0.717) is 6.04 Å². The molecule has 0 fully saturated rings. The van der Waals surface area contributed by atoms with E-state index in [0.717, 1.165) is 19.5 Å². The Hall–Kier alpha value is -1.39. The van der Waals surface area contributed by atoms with Gasteiger partial charge in [-0.15, -0.1) is 11.3 Å². The fraction of sp³-hybridized carbons (Fsp3) is 0.438. The van der Waals surface area contributed by atoms with Crippen LogP contribution in [0.25, 0.3) is 0 Å².